The zero-order valence-electron chi connectivity index (χ0n) is 12.5. The van der Waals surface area contributed by atoms with Crippen molar-refractivity contribution in [3.05, 3.63) is 0 Å². The second kappa shape index (κ2) is 3.67. The number of hydrogen-bond acceptors (Lipinski definition) is 3. The third-order valence-electron chi connectivity index (χ3n) is 7.70. The first-order chi connectivity index (χ1) is 10.2. The molecule has 6 aliphatic carbocycles. The molecule has 114 valence electrons. The van der Waals surface area contributed by atoms with Crippen LogP contribution in [0.3, 0.4) is 0 Å². The lowest BCUT2D eigenvalue weighted by atomic mass is 9.54. The summed E-state index contributed by atoms with van der Waals surface area (Å²) in [4.78, 5) is 12.8. The molecule has 6 saturated carbocycles. The number of fused-ring (bicyclic) bond motifs is 5. The van der Waals surface area contributed by atoms with E-state index >= 15 is 0 Å². The average Bonchev–Trinajstić information content (AvgIpc) is 3.01. The molecule has 0 aromatic carbocycles. The van der Waals surface area contributed by atoms with Crippen LogP contribution in [0.25, 0.3) is 0 Å². The van der Waals surface area contributed by atoms with Gasteiger partial charge in [-0.3, -0.25) is 4.79 Å². The Hall–Kier alpha value is -0.570. The molecule has 0 amide bonds. The van der Waals surface area contributed by atoms with Crippen LogP contribution in [-0.2, 0) is 14.3 Å². The molecule has 21 heavy (non-hydrogen) atoms. The highest BCUT2D eigenvalue weighted by atomic mass is 16.6. The minimum absolute atomic E-state index is 0.0581. The SMILES string of the molecule is O=C(OC12CC3CC(CC(C3)C1)C2)C1CC2CC1C1OC21. The van der Waals surface area contributed by atoms with Crippen LogP contribution in [0.4, 0.5) is 0 Å². The zero-order chi connectivity index (χ0) is 13.8. The summed E-state index contributed by atoms with van der Waals surface area (Å²) in [6, 6.07) is 0. The van der Waals surface area contributed by atoms with Gasteiger partial charge in [0.15, 0.2) is 0 Å². The van der Waals surface area contributed by atoms with Crippen LogP contribution in [0.1, 0.15) is 51.4 Å². The lowest BCUT2D eigenvalue weighted by Gasteiger charge is -2.56. The van der Waals surface area contributed by atoms with E-state index in [1.54, 1.807) is 0 Å². The first-order valence-corrected chi connectivity index (χ1v) is 9.07. The number of rotatable bonds is 2. The summed E-state index contributed by atoms with van der Waals surface area (Å²) in [5, 5.41) is 0. The van der Waals surface area contributed by atoms with Gasteiger partial charge in [-0.15, -0.1) is 0 Å². The molecule has 1 saturated heterocycles. The standard InChI is InChI=1S/C18H24O3/c19-17(14-5-12-4-13(14)16-15(12)20-16)21-18-6-9-1-10(7-18)3-11(2-9)8-18/h9-16H,1-8H2. The van der Waals surface area contributed by atoms with E-state index in [0.717, 1.165) is 43.4 Å². The highest BCUT2D eigenvalue weighted by Crippen LogP contribution is 2.61. The van der Waals surface area contributed by atoms with Gasteiger partial charge in [0, 0.05) is 5.92 Å². The van der Waals surface area contributed by atoms with Gasteiger partial charge in [0.1, 0.15) is 5.60 Å². The number of carbonyl (C=O) groups excluding carboxylic acids is 1. The summed E-state index contributed by atoms with van der Waals surface area (Å²) < 4.78 is 12.0. The molecule has 0 N–H and O–H groups in total. The Kier molecular flexibility index (Phi) is 2.08. The number of ether oxygens (including phenoxy) is 2. The molecule has 7 fully saturated rings. The molecule has 0 radical (unpaired) electrons. The quantitative estimate of drug-likeness (QED) is 0.579. The maximum absolute atomic E-state index is 12.8. The predicted octanol–water partition coefficient (Wildman–Crippen LogP) is 2.92. The first kappa shape index (κ1) is 11.9. The van der Waals surface area contributed by atoms with E-state index in [1.807, 2.05) is 0 Å². The smallest absolute Gasteiger partial charge is 0.309 e. The van der Waals surface area contributed by atoms with E-state index in [-0.39, 0.29) is 17.5 Å². The number of carbonyl (C=O) groups is 1. The Morgan fingerprint density at radius 3 is 2.14 bits per heavy atom. The summed E-state index contributed by atoms with van der Waals surface area (Å²) in [6.07, 6.45) is 10.9. The van der Waals surface area contributed by atoms with Gasteiger partial charge in [0.2, 0.25) is 0 Å². The fraction of sp³-hybridized carbons (Fsp3) is 0.944. The maximum Gasteiger partial charge on any atom is 0.309 e. The molecule has 0 spiro atoms. The van der Waals surface area contributed by atoms with E-state index in [9.17, 15) is 4.79 Å². The van der Waals surface area contributed by atoms with Gasteiger partial charge >= 0.3 is 5.97 Å². The minimum atomic E-state index is -0.0581. The Morgan fingerprint density at radius 1 is 0.905 bits per heavy atom. The van der Waals surface area contributed by atoms with Gasteiger partial charge in [-0.05, 0) is 75.0 Å². The van der Waals surface area contributed by atoms with Crippen LogP contribution in [0.15, 0.2) is 0 Å². The predicted molar refractivity (Wildman–Crippen MR) is 75.4 cm³/mol. The van der Waals surface area contributed by atoms with Crippen LogP contribution < -0.4 is 0 Å². The topological polar surface area (TPSA) is 38.8 Å². The van der Waals surface area contributed by atoms with Gasteiger partial charge in [-0.25, -0.2) is 0 Å². The molecule has 3 nitrogen and oxygen atoms in total. The van der Waals surface area contributed by atoms with E-state index in [0.29, 0.717) is 24.0 Å². The van der Waals surface area contributed by atoms with Crippen LogP contribution in [0, 0.1) is 35.5 Å². The van der Waals surface area contributed by atoms with Crippen LogP contribution in [0.5, 0.6) is 0 Å². The summed E-state index contributed by atoms with van der Waals surface area (Å²) in [5.41, 5.74) is -0.0581. The summed E-state index contributed by atoms with van der Waals surface area (Å²) in [6.45, 7) is 0. The van der Waals surface area contributed by atoms with Crippen molar-refractivity contribution < 1.29 is 14.3 Å². The van der Waals surface area contributed by atoms with Crippen molar-refractivity contribution in [3.8, 4) is 0 Å². The number of hydrogen-bond donors (Lipinski definition) is 0. The fourth-order valence-electron chi connectivity index (χ4n) is 7.32. The Morgan fingerprint density at radius 2 is 1.57 bits per heavy atom. The minimum Gasteiger partial charge on any atom is -0.459 e. The van der Waals surface area contributed by atoms with Gasteiger partial charge in [0.25, 0.3) is 0 Å². The molecule has 6 bridgehead atoms. The molecular weight excluding hydrogens is 264 g/mol. The highest BCUT2D eigenvalue weighted by Gasteiger charge is 2.65. The van der Waals surface area contributed by atoms with Crippen molar-refractivity contribution >= 4 is 5.97 Å². The van der Waals surface area contributed by atoms with Crippen molar-refractivity contribution in [1.29, 1.82) is 0 Å². The lowest BCUT2D eigenvalue weighted by molar-refractivity contribution is -0.192. The van der Waals surface area contributed by atoms with Crippen molar-refractivity contribution in [1.82, 2.24) is 0 Å². The Labute approximate surface area is 125 Å². The average molecular weight is 288 g/mol. The van der Waals surface area contributed by atoms with Crippen molar-refractivity contribution in [2.45, 2.75) is 69.2 Å². The van der Waals surface area contributed by atoms with E-state index < -0.39 is 0 Å². The van der Waals surface area contributed by atoms with Gasteiger partial charge in [-0.1, -0.05) is 0 Å². The lowest BCUT2D eigenvalue weighted by Crippen LogP contribution is -2.53. The van der Waals surface area contributed by atoms with Crippen LogP contribution in [0.2, 0.25) is 0 Å². The molecule has 7 rings (SSSR count). The Balaban J connectivity index is 1.22. The summed E-state index contributed by atoms with van der Waals surface area (Å²) >= 11 is 0. The van der Waals surface area contributed by atoms with Crippen LogP contribution in [-0.4, -0.2) is 23.8 Å². The van der Waals surface area contributed by atoms with Crippen molar-refractivity contribution in [3.63, 3.8) is 0 Å². The molecule has 3 heteroatoms. The van der Waals surface area contributed by atoms with Gasteiger partial charge < -0.3 is 9.47 Å². The van der Waals surface area contributed by atoms with E-state index in [4.69, 9.17) is 9.47 Å². The second-order valence-electron chi connectivity index (χ2n) is 9.09. The molecule has 1 aliphatic heterocycles. The maximum atomic E-state index is 12.8. The highest BCUT2D eigenvalue weighted by molar-refractivity contribution is 5.74. The number of esters is 1. The summed E-state index contributed by atoms with van der Waals surface area (Å²) in [7, 11) is 0. The third-order valence-corrected chi connectivity index (χ3v) is 7.70. The molecule has 5 unspecified atom stereocenters. The molecule has 0 aromatic heterocycles. The molecule has 7 aliphatic rings. The first-order valence-electron chi connectivity index (χ1n) is 9.07. The molecule has 5 atom stereocenters. The van der Waals surface area contributed by atoms with Crippen molar-refractivity contribution in [2.75, 3.05) is 0 Å². The Bertz CT molecular complexity index is 477. The largest absolute Gasteiger partial charge is 0.459 e. The van der Waals surface area contributed by atoms with Crippen molar-refractivity contribution in [2.24, 2.45) is 35.5 Å². The molecule has 1 heterocycles. The van der Waals surface area contributed by atoms with Gasteiger partial charge in [-0.2, -0.15) is 0 Å². The normalized spacial score (nSPS) is 61.9. The third kappa shape index (κ3) is 1.56. The zero-order valence-corrected chi connectivity index (χ0v) is 12.5. The summed E-state index contributed by atoms with van der Waals surface area (Å²) in [5.74, 6) is 3.99. The van der Waals surface area contributed by atoms with Crippen LogP contribution >= 0.6 is 0 Å². The van der Waals surface area contributed by atoms with E-state index in [2.05, 4.69) is 0 Å². The molecule has 0 aromatic rings. The fourth-order valence-corrected chi connectivity index (χ4v) is 7.32. The second-order valence-corrected chi connectivity index (χ2v) is 9.09. The van der Waals surface area contributed by atoms with Gasteiger partial charge in [0.05, 0.1) is 18.1 Å². The number of epoxide rings is 1. The monoisotopic (exact) mass is 288 g/mol. The van der Waals surface area contributed by atoms with E-state index in [1.165, 1.54) is 25.7 Å². The molecular formula is C18H24O3.